The Labute approximate surface area is 171 Å². The molecular formula is C21H17F3N2O3S. The van der Waals surface area contributed by atoms with Gasteiger partial charge in [0.25, 0.3) is 15.9 Å². The molecule has 0 bridgehead atoms. The van der Waals surface area contributed by atoms with Crippen LogP contribution in [0.1, 0.15) is 15.9 Å². The number of nitrogens with one attached hydrogen (secondary N) is 1. The standard InChI is InChI=1S/C21H17F3N2O3S/c1-26(30(28,29)15-9-3-2-4-10-15)19-14-8-5-11-16(19)20(27)25-18-13-7-6-12-17(18)21(22,23)24/h2-14H,1H3,(H,25,27). The van der Waals surface area contributed by atoms with Crippen molar-refractivity contribution < 1.29 is 26.4 Å². The van der Waals surface area contributed by atoms with E-state index < -0.39 is 33.4 Å². The summed E-state index contributed by atoms with van der Waals surface area (Å²) in [5.41, 5.74) is -1.47. The maximum atomic E-state index is 13.2. The van der Waals surface area contributed by atoms with Gasteiger partial charge in [-0.2, -0.15) is 13.2 Å². The second kappa shape index (κ2) is 8.19. The number of benzene rings is 3. The summed E-state index contributed by atoms with van der Waals surface area (Å²) in [5.74, 6) is -0.864. The minimum Gasteiger partial charge on any atom is -0.321 e. The molecular weight excluding hydrogens is 417 g/mol. The molecule has 3 rings (SSSR count). The van der Waals surface area contributed by atoms with Crippen molar-refractivity contribution in [3.63, 3.8) is 0 Å². The molecule has 0 aliphatic heterocycles. The molecule has 1 amide bonds. The first-order valence-electron chi connectivity index (χ1n) is 8.73. The van der Waals surface area contributed by atoms with E-state index in [-0.39, 0.29) is 16.1 Å². The summed E-state index contributed by atoms with van der Waals surface area (Å²) >= 11 is 0. The highest BCUT2D eigenvalue weighted by atomic mass is 32.2. The van der Waals surface area contributed by atoms with Gasteiger partial charge in [-0.1, -0.05) is 42.5 Å². The molecule has 0 saturated carbocycles. The van der Waals surface area contributed by atoms with Gasteiger partial charge in [0.05, 0.1) is 27.4 Å². The minimum atomic E-state index is -4.66. The van der Waals surface area contributed by atoms with Crippen LogP contribution in [-0.4, -0.2) is 21.4 Å². The summed E-state index contributed by atoms with van der Waals surface area (Å²) in [5, 5.41) is 2.24. The average Bonchev–Trinajstić information content (AvgIpc) is 2.73. The Morgan fingerprint density at radius 3 is 2.10 bits per heavy atom. The van der Waals surface area contributed by atoms with Crippen molar-refractivity contribution in [2.75, 3.05) is 16.7 Å². The fourth-order valence-electron chi connectivity index (χ4n) is 2.85. The molecule has 0 atom stereocenters. The lowest BCUT2D eigenvalue weighted by Crippen LogP contribution is -2.29. The highest BCUT2D eigenvalue weighted by Gasteiger charge is 2.34. The Bertz CT molecular complexity index is 1160. The second-order valence-corrected chi connectivity index (χ2v) is 8.27. The summed E-state index contributed by atoms with van der Waals surface area (Å²) in [6.07, 6.45) is -4.66. The van der Waals surface area contributed by atoms with Crippen LogP contribution in [0.2, 0.25) is 0 Å². The van der Waals surface area contributed by atoms with Crippen LogP contribution in [0.4, 0.5) is 24.5 Å². The molecule has 0 heterocycles. The SMILES string of the molecule is CN(c1ccccc1C(=O)Nc1ccccc1C(F)(F)F)S(=O)(=O)c1ccccc1. The number of anilines is 2. The first-order valence-corrected chi connectivity index (χ1v) is 10.2. The van der Waals surface area contributed by atoms with Gasteiger partial charge < -0.3 is 5.32 Å². The Balaban J connectivity index is 1.98. The maximum Gasteiger partial charge on any atom is 0.418 e. The van der Waals surface area contributed by atoms with Gasteiger partial charge in [0.1, 0.15) is 0 Å². The molecule has 0 saturated heterocycles. The quantitative estimate of drug-likeness (QED) is 0.628. The summed E-state index contributed by atoms with van der Waals surface area (Å²) in [6.45, 7) is 0. The van der Waals surface area contributed by atoms with Crippen LogP contribution in [0.15, 0.2) is 83.8 Å². The van der Waals surface area contributed by atoms with Gasteiger partial charge in [-0.15, -0.1) is 0 Å². The lowest BCUT2D eigenvalue weighted by Gasteiger charge is -2.22. The normalized spacial score (nSPS) is 11.7. The van der Waals surface area contributed by atoms with E-state index in [9.17, 15) is 26.4 Å². The van der Waals surface area contributed by atoms with Gasteiger partial charge in [-0.3, -0.25) is 9.10 Å². The highest BCUT2D eigenvalue weighted by molar-refractivity contribution is 7.92. The van der Waals surface area contributed by atoms with Crippen LogP contribution in [0, 0.1) is 0 Å². The lowest BCUT2D eigenvalue weighted by molar-refractivity contribution is -0.136. The maximum absolute atomic E-state index is 13.2. The zero-order chi connectivity index (χ0) is 21.9. The third kappa shape index (κ3) is 4.30. The van der Waals surface area contributed by atoms with Gasteiger partial charge in [0.2, 0.25) is 0 Å². The van der Waals surface area contributed by atoms with E-state index in [0.29, 0.717) is 0 Å². The first kappa shape index (κ1) is 21.4. The molecule has 0 aromatic heterocycles. The van der Waals surface area contributed by atoms with Crippen molar-refractivity contribution in [1.82, 2.24) is 0 Å². The molecule has 0 aliphatic carbocycles. The van der Waals surface area contributed by atoms with E-state index in [1.54, 1.807) is 18.2 Å². The molecule has 0 fully saturated rings. The summed E-state index contributed by atoms with van der Waals surface area (Å²) < 4.78 is 66.4. The highest BCUT2D eigenvalue weighted by Crippen LogP contribution is 2.35. The number of hydrogen-bond donors (Lipinski definition) is 1. The Kier molecular flexibility index (Phi) is 5.84. The molecule has 30 heavy (non-hydrogen) atoms. The molecule has 0 aliphatic rings. The molecule has 0 radical (unpaired) electrons. The summed E-state index contributed by atoms with van der Waals surface area (Å²) in [4.78, 5) is 12.8. The molecule has 3 aromatic carbocycles. The zero-order valence-electron chi connectivity index (χ0n) is 15.7. The molecule has 3 aromatic rings. The van der Waals surface area contributed by atoms with Gasteiger partial charge in [-0.25, -0.2) is 8.42 Å². The minimum absolute atomic E-state index is 0.0186. The predicted octanol–water partition coefficient (Wildman–Crippen LogP) is 4.78. The van der Waals surface area contributed by atoms with Crippen LogP contribution >= 0.6 is 0 Å². The predicted molar refractivity (Wildman–Crippen MR) is 108 cm³/mol. The van der Waals surface area contributed by atoms with Gasteiger partial charge in [0.15, 0.2) is 0 Å². The molecule has 156 valence electrons. The Morgan fingerprint density at radius 1 is 0.867 bits per heavy atom. The lowest BCUT2D eigenvalue weighted by atomic mass is 10.1. The number of sulfonamides is 1. The monoisotopic (exact) mass is 434 g/mol. The molecule has 5 nitrogen and oxygen atoms in total. The van der Waals surface area contributed by atoms with Gasteiger partial charge >= 0.3 is 6.18 Å². The van der Waals surface area contributed by atoms with Crippen molar-refractivity contribution in [2.45, 2.75) is 11.1 Å². The first-order chi connectivity index (χ1) is 14.1. The number of carbonyl (C=O) groups excluding carboxylic acids is 1. The van der Waals surface area contributed by atoms with Crippen molar-refractivity contribution in [2.24, 2.45) is 0 Å². The molecule has 0 spiro atoms. The smallest absolute Gasteiger partial charge is 0.321 e. The van der Waals surface area contributed by atoms with E-state index in [2.05, 4.69) is 5.32 Å². The zero-order valence-corrected chi connectivity index (χ0v) is 16.5. The van der Waals surface area contributed by atoms with E-state index in [4.69, 9.17) is 0 Å². The number of rotatable bonds is 5. The van der Waals surface area contributed by atoms with Crippen molar-refractivity contribution in [3.8, 4) is 0 Å². The number of alkyl halides is 3. The third-order valence-corrected chi connectivity index (χ3v) is 6.16. The largest absolute Gasteiger partial charge is 0.418 e. The number of amides is 1. The fourth-order valence-corrected chi connectivity index (χ4v) is 4.08. The van der Waals surface area contributed by atoms with Crippen LogP contribution < -0.4 is 9.62 Å². The van der Waals surface area contributed by atoms with E-state index in [1.165, 1.54) is 55.6 Å². The van der Waals surface area contributed by atoms with Crippen LogP contribution in [-0.2, 0) is 16.2 Å². The number of hydrogen-bond acceptors (Lipinski definition) is 3. The van der Waals surface area contributed by atoms with Crippen LogP contribution in [0.5, 0.6) is 0 Å². The van der Waals surface area contributed by atoms with E-state index in [0.717, 1.165) is 16.4 Å². The van der Waals surface area contributed by atoms with Gasteiger partial charge in [0, 0.05) is 7.05 Å². The molecule has 1 N–H and O–H groups in total. The average molecular weight is 434 g/mol. The number of halogens is 3. The van der Waals surface area contributed by atoms with Crippen LogP contribution in [0.25, 0.3) is 0 Å². The number of nitrogens with zero attached hydrogens (tertiary/aromatic N) is 1. The van der Waals surface area contributed by atoms with E-state index >= 15 is 0 Å². The topological polar surface area (TPSA) is 66.5 Å². The van der Waals surface area contributed by atoms with Crippen LogP contribution in [0.3, 0.4) is 0 Å². The molecule has 9 heteroatoms. The summed E-state index contributed by atoms with van der Waals surface area (Å²) in [7, 11) is -2.70. The summed E-state index contributed by atoms with van der Waals surface area (Å²) in [6, 6.07) is 18.0. The van der Waals surface area contributed by atoms with Crippen molar-refractivity contribution in [1.29, 1.82) is 0 Å². The molecule has 0 unspecified atom stereocenters. The van der Waals surface area contributed by atoms with E-state index in [1.807, 2.05) is 0 Å². The Hall–Kier alpha value is -3.33. The third-order valence-electron chi connectivity index (χ3n) is 4.37. The number of carbonyl (C=O) groups is 1. The van der Waals surface area contributed by atoms with Gasteiger partial charge in [-0.05, 0) is 36.4 Å². The number of para-hydroxylation sites is 2. The fraction of sp³-hybridized carbons (Fsp3) is 0.0952. The van der Waals surface area contributed by atoms with Crippen molar-refractivity contribution >= 4 is 27.3 Å². The second-order valence-electron chi connectivity index (χ2n) is 6.30. The Morgan fingerprint density at radius 2 is 1.43 bits per heavy atom. The van der Waals surface area contributed by atoms with Crippen molar-refractivity contribution in [3.05, 3.63) is 90.0 Å².